The van der Waals surface area contributed by atoms with Crippen molar-refractivity contribution >= 4 is 23.6 Å². The van der Waals surface area contributed by atoms with Crippen molar-refractivity contribution < 1.29 is 14.7 Å². The fraction of sp³-hybridized carbons (Fsp3) is 0.462. The van der Waals surface area contributed by atoms with Crippen molar-refractivity contribution in [2.75, 3.05) is 13.1 Å². The van der Waals surface area contributed by atoms with Gasteiger partial charge in [-0.25, -0.2) is 9.78 Å². The summed E-state index contributed by atoms with van der Waals surface area (Å²) in [5, 5.41) is 9.16. The van der Waals surface area contributed by atoms with Crippen molar-refractivity contribution in [2.45, 2.75) is 30.0 Å². The highest BCUT2D eigenvalue weighted by Gasteiger charge is 2.25. The molecule has 0 radical (unpaired) electrons. The van der Waals surface area contributed by atoms with E-state index >= 15 is 0 Å². The van der Waals surface area contributed by atoms with Gasteiger partial charge in [0.05, 0.1) is 10.8 Å². The van der Waals surface area contributed by atoms with Crippen LogP contribution in [0, 0.1) is 0 Å². The zero-order valence-electron chi connectivity index (χ0n) is 10.7. The van der Waals surface area contributed by atoms with Gasteiger partial charge in [-0.15, -0.1) is 0 Å². The van der Waals surface area contributed by atoms with Gasteiger partial charge >= 0.3 is 5.97 Å². The van der Waals surface area contributed by atoms with Crippen LogP contribution < -0.4 is 0 Å². The lowest BCUT2D eigenvalue weighted by atomic mass is 10.3. The zero-order chi connectivity index (χ0) is 13.8. The summed E-state index contributed by atoms with van der Waals surface area (Å²) in [4.78, 5) is 29.1. The molecule has 2 heterocycles. The largest absolute Gasteiger partial charge is 0.478 e. The van der Waals surface area contributed by atoms with Crippen LogP contribution in [0.2, 0.25) is 0 Å². The Kier molecular flexibility index (Phi) is 4.42. The Balaban J connectivity index is 2.08. The topological polar surface area (TPSA) is 70.5 Å². The standard InChI is InChI=1S/C13H16N2O3S/c1-9(12(16)15-7-2-3-8-15)19-11-10(13(17)18)5-4-6-14-11/h4-6,9H,2-3,7-8H2,1H3,(H,17,18)/t9-/m0/s1. The van der Waals surface area contributed by atoms with Gasteiger partial charge in [0.15, 0.2) is 0 Å². The van der Waals surface area contributed by atoms with Crippen LogP contribution in [0.15, 0.2) is 23.4 Å². The summed E-state index contributed by atoms with van der Waals surface area (Å²) < 4.78 is 0. The Labute approximate surface area is 116 Å². The predicted molar refractivity (Wildman–Crippen MR) is 72.3 cm³/mol. The molecule has 1 aromatic heterocycles. The summed E-state index contributed by atoms with van der Waals surface area (Å²) in [5.41, 5.74) is 0.147. The van der Waals surface area contributed by atoms with E-state index in [9.17, 15) is 9.59 Å². The second kappa shape index (κ2) is 6.06. The molecule has 0 bridgehead atoms. The molecule has 1 fully saturated rings. The molecule has 2 rings (SSSR count). The molecule has 1 N–H and O–H groups in total. The predicted octanol–water partition coefficient (Wildman–Crippen LogP) is 1.88. The van der Waals surface area contributed by atoms with Crippen LogP contribution in [0.1, 0.15) is 30.1 Å². The Hall–Kier alpha value is -1.56. The quantitative estimate of drug-likeness (QED) is 0.853. The molecule has 1 aliphatic rings. The molecule has 5 nitrogen and oxygen atoms in total. The van der Waals surface area contributed by atoms with Gasteiger partial charge < -0.3 is 10.0 Å². The number of carbonyl (C=O) groups is 2. The van der Waals surface area contributed by atoms with Crippen molar-refractivity contribution in [1.82, 2.24) is 9.88 Å². The van der Waals surface area contributed by atoms with E-state index < -0.39 is 5.97 Å². The van der Waals surface area contributed by atoms with Gasteiger partial charge in [-0.3, -0.25) is 4.79 Å². The van der Waals surface area contributed by atoms with Crippen LogP contribution in [0.25, 0.3) is 0 Å². The summed E-state index contributed by atoms with van der Waals surface area (Å²) in [6.45, 7) is 3.40. The smallest absolute Gasteiger partial charge is 0.338 e. The maximum Gasteiger partial charge on any atom is 0.338 e. The van der Waals surface area contributed by atoms with Crippen LogP contribution in [0.3, 0.4) is 0 Å². The number of aromatic nitrogens is 1. The Bertz CT molecular complexity index is 487. The number of pyridine rings is 1. The molecular weight excluding hydrogens is 264 g/mol. The molecule has 0 saturated carbocycles. The highest BCUT2D eigenvalue weighted by molar-refractivity contribution is 8.00. The third kappa shape index (κ3) is 3.26. The fourth-order valence-electron chi connectivity index (χ4n) is 2.06. The maximum atomic E-state index is 12.2. The number of nitrogens with zero attached hydrogens (tertiary/aromatic N) is 2. The molecule has 1 saturated heterocycles. The minimum Gasteiger partial charge on any atom is -0.478 e. The van der Waals surface area contributed by atoms with E-state index in [-0.39, 0.29) is 16.7 Å². The van der Waals surface area contributed by atoms with Crippen molar-refractivity contribution in [3.63, 3.8) is 0 Å². The van der Waals surface area contributed by atoms with Crippen molar-refractivity contribution in [2.24, 2.45) is 0 Å². The summed E-state index contributed by atoms with van der Waals surface area (Å²) in [6.07, 6.45) is 3.64. The fourth-order valence-corrected chi connectivity index (χ4v) is 3.05. The van der Waals surface area contributed by atoms with Crippen LogP contribution in [-0.4, -0.2) is 45.2 Å². The second-order valence-electron chi connectivity index (χ2n) is 4.45. The molecule has 19 heavy (non-hydrogen) atoms. The van der Waals surface area contributed by atoms with Crippen LogP contribution >= 0.6 is 11.8 Å². The van der Waals surface area contributed by atoms with E-state index in [4.69, 9.17) is 5.11 Å². The van der Waals surface area contributed by atoms with Gasteiger partial charge in [-0.1, -0.05) is 11.8 Å². The summed E-state index contributed by atoms with van der Waals surface area (Å²) in [5.74, 6) is -0.957. The van der Waals surface area contributed by atoms with E-state index in [0.29, 0.717) is 5.03 Å². The third-order valence-corrected chi connectivity index (χ3v) is 4.16. The minimum absolute atomic E-state index is 0.0597. The summed E-state index contributed by atoms with van der Waals surface area (Å²) >= 11 is 1.21. The van der Waals surface area contributed by atoms with Crippen LogP contribution in [0.5, 0.6) is 0 Å². The number of thioether (sulfide) groups is 1. The van der Waals surface area contributed by atoms with Gasteiger partial charge in [-0.2, -0.15) is 0 Å². The van der Waals surface area contributed by atoms with Gasteiger partial charge in [-0.05, 0) is 31.9 Å². The first kappa shape index (κ1) is 13.9. The van der Waals surface area contributed by atoms with Gasteiger partial charge in [0.2, 0.25) is 5.91 Å². The van der Waals surface area contributed by atoms with Crippen molar-refractivity contribution in [1.29, 1.82) is 0 Å². The molecule has 0 aromatic carbocycles. The first-order valence-electron chi connectivity index (χ1n) is 6.23. The molecule has 6 heteroatoms. The number of hydrogen-bond acceptors (Lipinski definition) is 4. The molecule has 0 unspecified atom stereocenters. The van der Waals surface area contributed by atoms with Gasteiger partial charge in [0, 0.05) is 19.3 Å². The minimum atomic E-state index is -1.02. The number of carboxylic acids is 1. The normalized spacial score (nSPS) is 16.4. The van der Waals surface area contributed by atoms with Crippen molar-refractivity contribution in [3.05, 3.63) is 23.9 Å². The molecule has 102 valence electrons. The molecule has 1 amide bonds. The Morgan fingerprint density at radius 1 is 1.42 bits per heavy atom. The number of rotatable bonds is 4. The zero-order valence-corrected chi connectivity index (χ0v) is 11.5. The first-order valence-corrected chi connectivity index (χ1v) is 7.11. The molecule has 1 aromatic rings. The van der Waals surface area contributed by atoms with Crippen molar-refractivity contribution in [3.8, 4) is 0 Å². The maximum absolute atomic E-state index is 12.2. The SMILES string of the molecule is C[C@H](Sc1ncccc1C(=O)O)C(=O)N1CCCC1. The third-order valence-electron chi connectivity index (χ3n) is 3.06. The highest BCUT2D eigenvalue weighted by atomic mass is 32.2. The van der Waals surface area contributed by atoms with Gasteiger partial charge in [0.25, 0.3) is 0 Å². The average Bonchev–Trinajstić information content (AvgIpc) is 2.92. The number of carboxylic acid groups (broad SMARTS) is 1. The number of likely N-dealkylation sites (tertiary alicyclic amines) is 1. The average molecular weight is 280 g/mol. The van der Waals surface area contributed by atoms with E-state index in [1.54, 1.807) is 19.2 Å². The summed E-state index contributed by atoms with van der Waals surface area (Å²) in [7, 11) is 0. The highest BCUT2D eigenvalue weighted by Crippen LogP contribution is 2.26. The summed E-state index contributed by atoms with van der Waals surface area (Å²) in [6, 6.07) is 3.09. The monoisotopic (exact) mass is 280 g/mol. The van der Waals surface area contributed by atoms with Gasteiger partial charge in [0.1, 0.15) is 5.03 Å². The number of aromatic carboxylic acids is 1. The van der Waals surface area contributed by atoms with E-state index in [0.717, 1.165) is 25.9 Å². The second-order valence-corrected chi connectivity index (χ2v) is 5.78. The van der Waals surface area contributed by atoms with E-state index in [2.05, 4.69) is 4.98 Å². The number of hydrogen-bond donors (Lipinski definition) is 1. The Morgan fingerprint density at radius 3 is 2.74 bits per heavy atom. The lowest BCUT2D eigenvalue weighted by Crippen LogP contribution is -2.34. The molecular formula is C13H16N2O3S. The van der Waals surface area contributed by atoms with Crippen LogP contribution in [0.4, 0.5) is 0 Å². The van der Waals surface area contributed by atoms with E-state index in [1.165, 1.54) is 17.8 Å². The molecule has 0 spiro atoms. The Morgan fingerprint density at radius 2 is 2.11 bits per heavy atom. The molecule has 1 aliphatic heterocycles. The van der Waals surface area contributed by atoms with E-state index in [1.807, 2.05) is 4.90 Å². The number of amides is 1. The van der Waals surface area contributed by atoms with Crippen LogP contribution in [-0.2, 0) is 4.79 Å². The lowest BCUT2D eigenvalue weighted by Gasteiger charge is -2.19. The lowest BCUT2D eigenvalue weighted by molar-refractivity contribution is -0.129. The molecule has 0 aliphatic carbocycles. The molecule has 1 atom stereocenters. The first-order chi connectivity index (χ1) is 9.09. The number of carbonyl (C=O) groups excluding carboxylic acids is 1.